The first-order chi connectivity index (χ1) is 11.6. The van der Waals surface area contributed by atoms with Gasteiger partial charge < -0.3 is 5.32 Å². The van der Waals surface area contributed by atoms with Gasteiger partial charge in [-0.05, 0) is 29.8 Å². The summed E-state index contributed by atoms with van der Waals surface area (Å²) >= 11 is 11.9. The lowest BCUT2D eigenvalue weighted by atomic mass is 10.2. The standard InChI is InChI=1S/C17H14Cl2N4O/c18-13-6-8-14(9-7-13)20-17(24)21-16-15(19)11-23(22-16)10-12-4-2-1-3-5-12/h1-9,11H,10H2,(H2,20,21,22,24). The number of carbonyl (C=O) groups excluding carboxylic acids is 1. The van der Waals surface area contributed by atoms with Gasteiger partial charge in [0.2, 0.25) is 0 Å². The molecule has 3 rings (SSSR count). The smallest absolute Gasteiger partial charge is 0.308 e. The maximum Gasteiger partial charge on any atom is 0.324 e. The average molecular weight is 361 g/mol. The molecule has 0 atom stereocenters. The van der Waals surface area contributed by atoms with E-state index in [1.807, 2.05) is 30.3 Å². The van der Waals surface area contributed by atoms with E-state index < -0.39 is 6.03 Å². The number of hydrogen-bond acceptors (Lipinski definition) is 2. The van der Waals surface area contributed by atoms with Crippen LogP contribution >= 0.6 is 23.2 Å². The van der Waals surface area contributed by atoms with Crippen molar-refractivity contribution >= 4 is 40.7 Å². The van der Waals surface area contributed by atoms with Crippen LogP contribution in [0.3, 0.4) is 0 Å². The van der Waals surface area contributed by atoms with Gasteiger partial charge in [0.05, 0.1) is 6.54 Å². The molecule has 5 nitrogen and oxygen atoms in total. The van der Waals surface area contributed by atoms with Crippen molar-refractivity contribution in [3.8, 4) is 0 Å². The Kier molecular flexibility index (Phi) is 5.03. The van der Waals surface area contributed by atoms with Crippen molar-refractivity contribution in [2.24, 2.45) is 0 Å². The van der Waals surface area contributed by atoms with Crippen LogP contribution in [0.5, 0.6) is 0 Å². The molecule has 2 amide bonds. The van der Waals surface area contributed by atoms with E-state index >= 15 is 0 Å². The summed E-state index contributed by atoms with van der Waals surface area (Å²) < 4.78 is 1.68. The van der Waals surface area contributed by atoms with E-state index in [1.54, 1.807) is 35.1 Å². The zero-order chi connectivity index (χ0) is 16.9. The summed E-state index contributed by atoms with van der Waals surface area (Å²) in [5.41, 5.74) is 1.71. The van der Waals surface area contributed by atoms with E-state index in [0.717, 1.165) is 5.56 Å². The molecular formula is C17H14Cl2N4O. The van der Waals surface area contributed by atoms with Crippen LogP contribution in [0.15, 0.2) is 60.8 Å². The summed E-state index contributed by atoms with van der Waals surface area (Å²) in [6.45, 7) is 0.570. The van der Waals surface area contributed by atoms with Gasteiger partial charge in [-0.1, -0.05) is 53.5 Å². The minimum absolute atomic E-state index is 0.305. The van der Waals surface area contributed by atoms with Crippen LogP contribution in [0.1, 0.15) is 5.56 Å². The highest BCUT2D eigenvalue weighted by Crippen LogP contribution is 2.20. The Morgan fingerprint density at radius 3 is 2.42 bits per heavy atom. The van der Waals surface area contributed by atoms with Gasteiger partial charge in [0.25, 0.3) is 0 Å². The van der Waals surface area contributed by atoms with Gasteiger partial charge in [-0.3, -0.25) is 10.00 Å². The topological polar surface area (TPSA) is 59.0 Å². The van der Waals surface area contributed by atoms with Gasteiger partial charge in [-0.25, -0.2) is 4.79 Å². The fourth-order valence-corrected chi connectivity index (χ4v) is 2.46. The molecular weight excluding hydrogens is 347 g/mol. The van der Waals surface area contributed by atoms with E-state index in [2.05, 4.69) is 15.7 Å². The summed E-state index contributed by atoms with van der Waals surface area (Å²) in [7, 11) is 0. The van der Waals surface area contributed by atoms with Gasteiger partial charge in [0.15, 0.2) is 5.82 Å². The van der Waals surface area contributed by atoms with Crippen LogP contribution in [0.4, 0.5) is 16.3 Å². The van der Waals surface area contributed by atoms with E-state index in [-0.39, 0.29) is 0 Å². The molecule has 1 heterocycles. The Balaban J connectivity index is 1.64. The molecule has 0 fully saturated rings. The van der Waals surface area contributed by atoms with Crippen LogP contribution in [0.2, 0.25) is 10.0 Å². The fraction of sp³-hybridized carbons (Fsp3) is 0.0588. The first-order valence-corrected chi connectivity index (χ1v) is 7.96. The highest BCUT2D eigenvalue weighted by atomic mass is 35.5. The monoisotopic (exact) mass is 360 g/mol. The third-order valence-electron chi connectivity index (χ3n) is 3.24. The van der Waals surface area contributed by atoms with Gasteiger partial charge in [0, 0.05) is 16.9 Å². The van der Waals surface area contributed by atoms with Crippen molar-refractivity contribution in [3.63, 3.8) is 0 Å². The van der Waals surface area contributed by atoms with Gasteiger partial charge >= 0.3 is 6.03 Å². The molecule has 1 aromatic heterocycles. The maximum absolute atomic E-state index is 12.0. The molecule has 0 saturated heterocycles. The molecule has 0 spiro atoms. The molecule has 0 unspecified atom stereocenters. The Bertz CT molecular complexity index is 832. The molecule has 0 aliphatic carbocycles. The average Bonchev–Trinajstić information content (AvgIpc) is 2.90. The maximum atomic E-state index is 12.0. The minimum Gasteiger partial charge on any atom is -0.308 e. The second kappa shape index (κ2) is 7.38. The molecule has 2 N–H and O–H groups in total. The number of rotatable bonds is 4. The summed E-state index contributed by atoms with van der Waals surface area (Å²) in [6, 6.07) is 16.2. The number of halogens is 2. The third kappa shape index (κ3) is 4.28. The molecule has 3 aromatic rings. The number of amides is 2. The predicted octanol–water partition coefficient (Wildman–Crippen LogP) is 4.88. The minimum atomic E-state index is -0.427. The van der Waals surface area contributed by atoms with Crippen molar-refractivity contribution in [3.05, 3.63) is 76.4 Å². The second-order valence-electron chi connectivity index (χ2n) is 5.09. The number of nitrogens with one attached hydrogen (secondary N) is 2. The van der Waals surface area contributed by atoms with E-state index in [9.17, 15) is 4.79 Å². The molecule has 24 heavy (non-hydrogen) atoms. The van der Waals surface area contributed by atoms with Gasteiger partial charge in [0.1, 0.15) is 5.02 Å². The number of carbonyl (C=O) groups is 1. The van der Waals surface area contributed by atoms with Gasteiger partial charge in [-0.2, -0.15) is 5.10 Å². The number of anilines is 2. The molecule has 2 aromatic carbocycles. The van der Waals surface area contributed by atoms with Crippen LogP contribution in [-0.4, -0.2) is 15.8 Å². The molecule has 0 saturated carbocycles. The summed E-state index contributed by atoms with van der Waals surface area (Å²) in [4.78, 5) is 12.0. The largest absolute Gasteiger partial charge is 0.324 e. The van der Waals surface area contributed by atoms with E-state index in [0.29, 0.717) is 28.1 Å². The number of aromatic nitrogens is 2. The Morgan fingerprint density at radius 2 is 1.71 bits per heavy atom. The fourth-order valence-electron chi connectivity index (χ4n) is 2.14. The summed E-state index contributed by atoms with van der Waals surface area (Å²) in [5, 5.41) is 10.6. The number of urea groups is 1. The molecule has 0 aliphatic heterocycles. The molecule has 0 aliphatic rings. The van der Waals surface area contributed by atoms with Crippen molar-refractivity contribution in [2.75, 3.05) is 10.6 Å². The number of hydrogen-bond donors (Lipinski definition) is 2. The number of nitrogens with zero attached hydrogens (tertiary/aromatic N) is 2. The van der Waals surface area contributed by atoms with Gasteiger partial charge in [-0.15, -0.1) is 0 Å². The normalized spacial score (nSPS) is 10.4. The van der Waals surface area contributed by atoms with Crippen molar-refractivity contribution in [2.45, 2.75) is 6.54 Å². The third-order valence-corrected chi connectivity index (χ3v) is 3.77. The van der Waals surface area contributed by atoms with Crippen LogP contribution in [0, 0.1) is 0 Å². The first kappa shape index (κ1) is 16.4. The van der Waals surface area contributed by atoms with E-state index in [1.165, 1.54) is 0 Å². The highest BCUT2D eigenvalue weighted by molar-refractivity contribution is 6.33. The summed E-state index contributed by atoms with van der Waals surface area (Å²) in [6.07, 6.45) is 1.67. The predicted molar refractivity (Wildman–Crippen MR) is 96.9 cm³/mol. The van der Waals surface area contributed by atoms with Crippen LogP contribution in [0.25, 0.3) is 0 Å². The Hall–Kier alpha value is -2.50. The van der Waals surface area contributed by atoms with Crippen LogP contribution in [-0.2, 0) is 6.54 Å². The zero-order valence-electron chi connectivity index (χ0n) is 12.5. The Morgan fingerprint density at radius 1 is 1.00 bits per heavy atom. The van der Waals surface area contributed by atoms with Crippen molar-refractivity contribution in [1.82, 2.24) is 9.78 Å². The zero-order valence-corrected chi connectivity index (χ0v) is 14.1. The molecule has 122 valence electrons. The molecule has 0 bridgehead atoms. The second-order valence-corrected chi connectivity index (χ2v) is 5.94. The van der Waals surface area contributed by atoms with Crippen LogP contribution < -0.4 is 10.6 Å². The van der Waals surface area contributed by atoms with E-state index in [4.69, 9.17) is 23.2 Å². The lowest BCUT2D eigenvalue weighted by Gasteiger charge is -2.06. The van der Waals surface area contributed by atoms with Crippen molar-refractivity contribution in [1.29, 1.82) is 0 Å². The Labute approximate surface area is 149 Å². The molecule has 7 heteroatoms. The lowest BCUT2D eigenvalue weighted by molar-refractivity contribution is 0.262. The SMILES string of the molecule is O=C(Nc1ccc(Cl)cc1)Nc1nn(Cc2ccccc2)cc1Cl. The quantitative estimate of drug-likeness (QED) is 0.696. The first-order valence-electron chi connectivity index (χ1n) is 7.20. The summed E-state index contributed by atoms with van der Waals surface area (Å²) in [5.74, 6) is 0.305. The number of benzene rings is 2. The lowest BCUT2D eigenvalue weighted by Crippen LogP contribution is -2.20. The highest BCUT2D eigenvalue weighted by Gasteiger charge is 2.11. The van der Waals surface area contributed by atoms with Crippen molar-refractivity contribution < 1.29 is 4.79 Å². The molecule has 0 radical (unpaired) electrons.